The average Bonchev–Trinajstić information content (AvgIpc) is 2.85. The van der Waals surface area contributed by atoms with E-state index < -0.39 is 0 Å². The highest BCUT2D eigenvalue weighted by Gasteiger charge is 2.33. The number of hydrogen-bond acceptors (Lipinski definition) is 4. The minimum atomic E-state index is -0.0368. The molecule has 0 amide bonds. The van der Waals surface area contributed by atoms with Gasteiger partial charge in [-0.05, 0) is 15.6 Å². The lowest BCUT2D eigenvalue weighted by Crippen LogP contribution is -2.33. The number of H-pyrrole nitrogens is 1. The summed E-state index contributed by atoms with van der Waals surface area (Å²) >= 11 is 1.28. The Hall–Kier alpha value is -1.56. The van der Waals surface area contributed by atoms with Crippen molar-refractivity contribution in [3.05, 3.63) is 11.1 Å². The summed E-state index contributed by atoms with van der Waals surface area (Å²) in [7, 11) is 1.92. The maximum Gasteiger partial charge on any atom is 0.191 e. The molecule has 0 aliphatic carbocycles. The fourth-order valence-electron chi connectivity index (χ4n) is 2.98. The lowest BCUT2D eigenvalue weighted by molar-refractivity contribution is -0.778. The quantitative estimate of drug-likeness (QED) is 0.650. The molecule has 3 rings (SSSR count). The molecular formula is C15H22N5S+. The van der Waals surface area contributed by atoms with Crippen LogP contribution in [0.5, 0.6) is 0 Å². The molecule has 0 saturated heterocycles. The van der Waals surface area contributed by atoms with Crippen LogP contribution in [0.4, 0.5) is 0 Å². The van der Waals surface area contributed by atoms with Gasteiger partial charge in [-0.25, -0.2) is 0 Å². The summed E-state index contributed by atoms with van der Waals surface area (Å²) in [6, 6.07) is 0. The zero-order chi connectivity index (χ0) is 15.6. The Morgan fingerprint density at radius 2 is 1.38 bits per heavy atom. The van der Waals surface area contributed by atoms with Gasteiger partial charge in [0, 0.05) is 16.2 Å². The first kappa shape index (κ1) is 14.4. The van der Waals surface area contributed by atoms with Gasteiger partial charge in [0.1, 0.15) is 16.6 Å². The zero-order valence-corrected chi connectivity index (χ0v) is 14.5. The SMILES string of the molecule is C[n+]1nc2c(C(C)(C)C)c3nsnc3c(C(C)(C)C)c2[nH]1. The Kier molecular flexibility index (Phi) is 2.89. The lowest BCUT2D eigenvalue weighted by Gasteiger charge is -2.23. The second-order valence-electron chi connectivity index (χ2n) is 7.67. The van der Waals surface area contributed by atoms with Crippen LogP contribution in [0.2, 0.25) is 0 Å². The van der Waals surface area contributed by atoms with Gasteiger partial charge in [0.05, 0.1) is 11.7 Å². The van der Waals surface area contributed by atoms with E-state index in [-0.39, 0.29) is 10.8 Å². The molecule has 6 heteroatoms. The van der Waals surface area contributed by atoms with Crippen molar-refractivity contribution in [2.45, 2.75) is 52.4 Å². The fourth-order valence-corrected chi connectivity index (χ4v) is 3.54. The van der Waals surface area contributed by atoms with Crippen molar-refractivity contribution in [2.24, 2.45) is 7.05 Å². The summed E-state index contributed by atoms with van der Waals surface area (Å²) in [5.41, 5.74) is 6.40. The molecule has 1 N–H and O–H groups in total. The molecular weight excluding hydrogens is 282 g/mol. The zero-order valence-electron chi connectivity index (χ0n) is 13.7. The van der Waals surface area contributed by atoms with Gasteiger partial charge in [-0.3, -0.25) is 0 Å². The van der Waals surface area contributed by atoms with Crippen LogP contribution in [0.25, 0.3) is 22.1 Å². The Morgan fingerprint density at radius 3 is 1.90 bits per heavy atom. The Labute approximate surface area is 128 Å². The normalized spacial score (nSPS) is 13.5. The van der Waals surface area contributed by atoms with Crippen molar-refractivity contribution in [3.63, 3.8) is 0 Å². The molecule has 0 aliphatic heterocycles. The van der Waals surface area contributed by atoms with Crippen molar-refractivity contribution in [1.82, 2.24) is 18.9 Å². The fraction of sp³-hybridized carbons (Fsp3) is 0.600. The molecule has 0 spiro atoms. The first-order valence-electron chi connectivity index (χ1n) is 7.16. The summed E-state index contributed by atoms with van der Waals surface area (Å²) < 4.78 is 9.18. The van der Waals surface area contributed by atoms with Gasteiger partial charge < -0.3 is 0 Å². The van der Waals surface area contributed by atoms with Gasteiger partial charge in [0.2, 0.25) is 0 Å². The van der Waals surface area contributed by atoms with Gasteiger partial charge in [-0.1, -0.05) is 41.5 Å². The van der Waals surface area contributed by atoms with E-state index in [1.54, 1.807) is 4.80 Å². The lowest BCUT2D eigenvalue weighted by atomic mass is 9.79. The molecule has 112 valence electrons. The number of rotatable bonds is 0. The molecule has 0 unspecified atom stereocenters. The van der Waals surface area contributed by atoms with Crippen LogP contribution in [0, 0.1) is 0 Å². The van der Waals surface area contributed by atoms with Crippen molar-refractivity contribution in [2.75, 3.05) is 0 Å². The molecule has 0 aliphatic rings. The van der Waals surface area contributed by atoms with E-state index in [9.17, 15) is 0 Å². The second kappa shape index (κ2) is 4.22. The summed E-state index contributed by atoms with van der Waals surface area (Å²) in [6.45, 7) is 13.2. The first-order chi connectivity index (χ1) is 9.60. The monoisotopic (exact) mass is 304 g/mol. The van der Waals surface area contributed by atoms with Gasteiger partial charge in [0.15, 0.2) is 12.6 Å². The van der Waals surface area contributed by atoms with E-state index in [1.165, 1.54) is 22.9 Å². The topological polar surface area (TPSA) is 58.3 Å². The summed E-state index contributed by atoms with van der Waals surface area (Å²) in [5.74, 6) is 0. The summed E-state index contributed by atoms with van der Waals surface area (Å²) in [6.07, 6.45) is 0. The Morgan fingerprint density at radius 1 is 0.857 bits per heavy atom. The molecule has 0 bridgehead atoms. The number of hydrogen-bond donors (Lipinski definition) is 1. The number of benzene rings is 1. The molecule has 21 heavy (non-hydrogen) atoms. The number of aromatic nitrogens is 5. The smallest absolute Gasteiger partial charge is 0.173 e. The minimum Gasteiger partial charge on any atom is -0.173 e. The number of aryl methyl sites for hydroxylation is 1. The maximum atomic E-state index is 4.68. The van der Waals surface area contributed by atoms with Crippen LogP contribution in [0.15, 0.2) is 0 Å². The average molecular weight is 304 g/mol. The first-order valence-corrected chi connectivity index (χ1v) is 7.89. The standard InChI is InChI=1S/C15H22N5S/c1-14(2,3)8-10-11(17-20(7)16-10)9(15(4,5)6)13-12(8)18-21-19-13/h1-7H3,(H,16,17)/q+1. The Bertz CT molecular complexity index is 764. The van der Waals surface area contributed by atoms with Crippen molar-refractivity contribution in [3.8, 4) is 0 Å². The van der Waals surface area contributed by atoms with Gasteiger partial charge in [0.25, 0.3) is 0 Å². The molecule has 2 aromatic heterocycles. The third-order valence-corrected chi connectivity index (χ3v) is 4.24. The van der Waals surface area contributed by atoms with Gasteiger partial charge >= 0.3 is 0 Å². The van der Waals surface area contributed by atoms with E-state index in [0.29, 0.717) is 0 Å². The number of nitrogens with zero attached hydrogens (tertiary/aromatic N) is 4. The Balaban J connectivity index is 2.62. The molecule has 0 atom stereocenters. The van der Waals surface area contributed by atoms with E-state index in [0.717, 1.165) is 22.1 Å². The number of fused-ring (bicyclic) bond motifs is 2. The van der Waals surface area contributed by atoms with Crippen LogP contribution >= 0.6 is 11.7 Å². The predicted molar refractivity (Wildman–Crippen MR) is 85.6 cm³/mol. The van der Waals surface area contributed by atoms with Crippen LogP contribution in [-0.4, -0.2) is 18.9 Å². The number of aromatic amines is 1. The molecule has 2 heterocycles. The van der Waals surface area contributed by atoms with Crippen LogP contribution < -0.4 is 4.80 Å². The molecule has 5 nitrogen and oxygen atoms in total. The van der Waals surface area contributed by atoms with Crippen molar-refractivity contribution < 1.29 is 4.80 Å². The summed E-state index contributed by atoms with van der Waals surface area (Å²) in [4.78, 5) is 1.78. The number of nitrogens with one attached hydrogen (secondary N) is 1. The van der Waals surface area contributed by atoms with Crippen LogP contribution in [0.3, 0.4) is 0 Å². The maximum absolute atomic E-state index is 4.68. The van der Waals surface area contributed by atoms with Gasteiger partial charge in [-0.15, -0.1) is 5.10 Å². The molecule has 1 aromatic carbocycles. The molecule has 0 fully saturated rings. The van der Waals surface area contributed by atoms with Crippen LogP contribution in [-0.2, 0) is 17.9 Å². The molecule has 0 saturated carbocycles. The van der Waals surface area contributed by atoms with E-state index in [2.05, 4.69) is 60.5 Å². The highest BCUT2D eigenvalue weighted by atomic mass is 32.1. The third-order valence-electron chi connectivity index (χ3n) is 3.71. The highest BCUT2D eigenvalue weighted by molar-refractivity contribution is 7.00. The van der Waals surface area contributed by atoms with E-state index >= 15 is 0 Å². The van der Waals surface area contributed by atoms with Crippen molar-refractivity contribution in [1.29, 1.82) is 0 Å². The largest absolute Gasteiger partial charge is 0.191 e. The van der Waals surface area contributed by atoms with E-state index in [4.69, 9.17) is 0 Å². The molecule has 0 radical (unpaired) electrons. The third kappa shape index (κ3) is 2.12. The summed E-state index contributed by atoms with van der Waals surface area (Å²) in [5, 5.41) is 8.05. The van der Waals surface area contributed by atoms with E-state index in [1.807, 2.05) is 7.05 Å². The molecule has 3 aromatic rings. The highest BCUT2D eigenvalue weighted by Crippen LogP contribution is 2.40. The van der Waals surface area contributed by atoms with Crippen LogP contribution in [0.1, 0.15) is 52.7 Å². The predicted octanol–water partition coefficient (Wildman–Crippen LogP) is 2.99. The van der Waals surface area contributed by atoms with Gasteiger partial charge in [-0.2, -0.15) is 8.75 Å². The van der Waals surface area contributed by atoms with Crippen molar-refractivity contribution >= 4 is 33.8 Å². The second-order valence-corrected chi connectivity index (χ2v) is 8.20. The minimum absolute atomic E-state index is 0.0256.